The van der Waals surface area contributed by atoms with Crippen LogP contribution in [0.2, 0.25) is 0 Å². The second kappa shape index (κ2) is 11.5. The van der Waals surface area contributed by atoms with E-state index < -0.39 is 5.91 Å². The molecule has 10 nitrogen and oxygen atoms in total. The average Bonchev–Trinajstić information content (AvgIpc) is 3.33. The number of nitriles is 1. The number of carbonyl (C=O) groups is 1. The molecule has 190 valence electrons. The van der Waals surface area contributed by atoms with Gasteiger partial charge in [0.15, 0.2) is 11.6 Å². The van der Waals surface area contributed by atoms with Crippen molar-refractivity contribution in [2.75, 3.05) is 23.4 Å². The highest BCUT2D eigenvalue weighted by Gasteiger charge is 2.16. The molecule has 0 atom stereocenters. The number of amides is 1. The SMILES string of the molecule is CCOc1ccc(NC(=O)c2cc3ccccc3c(N)c2O)cc1.N#Cc1cnn(-c2ccccn2)c1N. The third-order valence-corrected chi connectivity index (χ3v) is 5.52. The zero-order valence-electron chi connectivity index (χ0n) is 20.5. The molecule has 0 saturated carbocycles. The molecule has 10 heteroatoms. The number of aromatic hydroxyl groups is 1. The number of phenolic OH excluding ortho intramolecular Hbond substituents is 1. The van der Waals surface area contributed by atoms with Gasteiger partial charge < -0.3 is 26.6 Å². The van der Waals surface area contributed by atoms with E-state index in [9.17, 15) is 9.90 Å². The van der Waals surface area contributed by atoms with Crippen molar-refractivity contribution in [1.29, 1.82) is 5.26 Å². The molecule has 0 radical (unpaired) electrons. The van der Waals surface area contributed by atoms with Crippen LogP contribution in [0.15, 0.2) is 85.2 Å². The lowest BCUT2D eigenvalue weighted by atomic mass is 10.0. The van der Waals surface area contributed by atoms with Crippen LogP contribution in [0.1, 0.15) is 22.8 Å². The first-order valence-electron chi connectivity index (χ1n) is 11.6. The largest absolute Gasteiger partial charge is 0.505 e. The Bertz CT molecular complexity index is 1610. The van der Waals surface area contributed by atoms with Crippen LogP contribution in [-0.4, -0.2) is 32.4 Å². The maximum atomic E-state index is 12.5. The molecule has 1 amide bonds. The third-order valence-electron chi connectivity index (χ3n) is 5.52. The monoisotopic (exact) mass is 507 g/mol. The summed E-state index contributed by atoms with van der Waals surface area (Å²) in [6, 6.07) is 23.3. The minimum Gasteiger partial charge on any atom is -0.505 e. The fourth-order valence-electron chi connectivity index (χ4n) is 3.64. The molecule has 0 aliphatic rings. The van der Waals surface area contributed by atoms with Crippen molar-refractivity contribution >= 4 is 33.9 Å². The summed E-state index contributed by atoms with van der Waals surface area (Å²) in [5.74, 6) is 1.01. The second-order valence-electron chi connectivity index (χ2n) is 7.97. The minimum absolute atomic E-state index is 0.139. The van der Waals surface area contributed by atoms with Gasteiger partial charge in [-0.25, -0.2) is 4.98 Å². The molecule has 5 aromatic rings. The molecule has 2 aromatic heterocycles. The Hall–Kier alpha value is -5.56. The van der Waals surface area contributed by atoms with E-state index >= 15 is 0 Å². The molecular weight excluding hydrogens is 482 g/mol. The number of anilines is 3. The molecule has 0 saturated heterocycles. The first-order chi connectivity index (χ1) is 18.4. The number of aromatic nitrogens is 3. The van der Waals surface area contributed by atoms with Crippen molar-refractivity contribution < 1.29 is 14.6 Å². The molecular formula is C28H25N7O3. The van der Waals surface area contributed by atoms with Crippen LogP contribution in [0, 0.1) is 11.3 Å². The van der Waals surface area contributed by atoms with E-state index in [1.54, 1.807) is 54.7 Å². The Morgan fingerprint density at radius 2 is 1.84 bits per heavy atom. The Labute approximate surface area is 218 Å². The fourth-order valence-corrected chi connectivity index (χ4v) is 3.64. The predicted molar refractivity (Wildman–Crippen MR) is 146 cm³/mol. The van der Waals surface area contributed by atoms with Crippen molar-refractivity contribution in [1.82, 2.24) is 14.8 Å². The van der Waals surface area contributed by atoms with Gasteiger partial charge in [-0.15, -0.1) is 0 Å². The third kappa shape index (κ3) is 5.47. The predicted octanol–water partition coefficient (Wildman–Crippen LogP) is 4.50. The van der Waals surface area contributed by atoms with Crippen LogP contribution >= 0.6 is 0 Å². The van der Waals surface area contributed by atoms with Crippen molar-refractivity contribution in [3.8, 4) is 23.4 Å². The number of carbonyl (C=O) groups excluding carboxylic acids is 1. The molecule has 3 aromatic carbocycles. The number of ether oxygens (including phenoxy) is 1. The number of hydrogen-bond acceptors (Lipinski definition) is 8. The first kappa shape index (κ1) is 25.5. The van der Waals surface area contributed by atoms with Gasteiger partial charge in [0, 0.05) is 17.3 Å². The maximum absolute atomic E-state index is 12.5. The number of nitrogen functional groups attached to an aromatic ring is 2. The molecule has 2 heterocycles. The maximum Gasteiger partial charge on any atom is 0.259 e. The molecule has 0 bridgehead atoms. The van der Waals surface area contributed by atoms with Gasteiger partial charge in [0.2, 0.25) is 0 Å². The zero-order valence-corrected chi connectivity index (χ0v) is 20.5. The van der Waals surface area contributed by atoms with Crippen LogP contribution in [0.25, 0.3) is 16.6 Å². The summed E-state index contributed by atoms with van der Waals surface area (Å²) >= 11 is 0. The van der Waals surface area contributed by atoms with Crippen molar-refractivity contribution in [2.24, 2.45) is 0 Å². The molecule has 0 fully saturated rings. The summed E-state index contributed by atoms with van der Waals surface area (Å²) in [7, 11) is 0. The van der Waals surface area contributed by atoms with Crippen LogP contribution in [-0.2, 0) is 0 Å². The van der Waals surface area contributed by atoms with Gasteiger partial charge in [0.05, 0.1) is 24.1 Å². The number of phenols is 1. The van der Waals surface area contributed by atoms with Crippen LogP contribution in [0.3, 0.4) is 0 Å². The van der Waals surface area contributed by atoms with Crippen molar-refractivity contribution in [3.05, 3.63) is 96.3 Å². The number of nitrogens with one attached hydrogen (secondary N) is 1. The molecule has 0 aliphatic heterocycles. The molecule has 0 aliphatic carbocycles. The summed E-state index contributed by atoms with van der Waals surface area (Å²) in [6.07, 6.45) is 3.06. The normalized spacial score (nSPS) is 10.2. The van der Waals surface area contributed by atoms with E-state index in [1.807, 2.05) is 37.3 Å². The van der Waals surface area contributed by atoms with E-state index in [4.69, 9.17) is 21.5 Å². The fraction of sp³-hybridized carbons (Fsp3) is 0.0714. The van der Waals surface area contributed by atoms with Gasteiger partial charge in [-0.3, -0.25) is 4.79 Å². The van der Waals surface area contributed by atoms with Gasteiger partial charge in [0.1, 0.15) is 23.2 Å². The minimum atomic E-state index is -0.422. The lowest BCUT2D eigenvalue weighted by Crippen LogP contribution is -2.12. The van der Waals surface area contributed by atoms with Crippen LogP contribution in [0.4, 0.5) is 17.2 Å². The molecule has 38 heavy (non-hydrogen) atoms. The average molecular weight is 508 g/mol. The van der Waals surface area contributed by atoms with E-state index in [0.29, 0.717) is 34.9 Å². The molecule has 0 unspecified atom stereocenters. The Morgan fingerprint density at radius 3 is 2.50 bits per heavy atom. The first-order valence-corrected chi connectivity index (χ1v) is 11.6. The summed E-state index contributed by atoms with van der Waals surface area (Å²) in [6.45, 7) is 2.48. The lowest BCUT2D eigenvalue weighted by Gasteiger charge is -2.11. The highest BCUT2D eigenvalue weighted by atomic mass is 16.5. The van der Waals surface area contributed by atoms with Crippen molar-refractivity contribution in [3.63, 3.8) is 0 Å². The quantitative estimate of drug-likeness (QED) is 0.199. The van der Waals surface area contributed by atoms with Gasteiger partial charge in [-0.1, -0.05) is 30.3 Å². The van der Waals surface area contributed by atoms with Gasteiger partial charge in [-0.2, -0.15) is 15.0 Å². The van der Waals surface area contributed by atoms with E-state index in [0.717, 1.165) is 11.1 Å². The summed E-state index contributed by atoms with van der Waals surface area (Å²) in [5.41, 5.74) is 12.9. The summed E-state index contributed by atoms with van der Waals surface area (Å²) < 4.78 is 6.79. The highest BCUT2D eigenvalue weighted by molar-refractivity contribution is 6.11. The number of nitrogens with two attached hydrogens (primary N) is 2. The van der Waals surface area contributed by atoms with Crippen molar-refractivity contribution in [2.45, 2.75) is 6.92 Å². The number of pyridine rings is 1. The second-order valence-corrected chi connectivity index (χ2v) is 7.97. The molecule has 6 N–H and O–H groups in total. The molecule has 5 rings (SSSR count). The topological polar surface area (TPSA) is 165 Å². The molecule has 0 spiro atoms. The smallest absolute Gasteiger partial charge is 0.259 e. The van der Waals surface area contributed by atoms with Gasteiger partial charge >= 0.3 is 0 Å². The van der Waals surface area contributed by atoms with Crippen LogP contribution in [0.5, 0.6) is 11.5 Å². The number of hydrogen-bond donors (Lipinski definition) is 4. The Morgan fingerprint density at radius 1 is 1.11 bits per heavy atom. The van der Waals surface area contributed by atoms with Crippen LogP contribution < -0.4 is 21.5 Å². The highest BCUT2D eigenvalue weighted by Crippen LogP contribution is 2.34. The summed E-state index contributed by atoms with van der Waals surface area (Å²) in [4.78, 5) is 16.6. The summed E-state index contributed by atoms with van der Waals surface area (Å²) in [5, 5.41) is 27.2. The zero-order chi connectivity index (χ0) is 27.1. The number of nitrogens with zero attached hydrogens (tertiary/aromatic N) is 4. The van der Waals surface area contributed by atoms with E-state index in [2.05, 4.69) is 15.4 Å². The number of rotatable bonds is 5. The van der Waals surface area contributed by atoms with Gasteiger partial charge in [-0.05, 0) is 54.8 Å². The Balaban J connectivity index is 0.000000204. The standard InChI is InChI=1S/C19H18N2O3.C9H7N5/c1-2-24-14-9-7-13(8-10-14)21-19(23)16-11-12-5-3-4-6-15(12)17(20)18(16)22;10-5-7-6-13-14(9(7)11)8-3-1-2-4-12-8/h3-11,22H,2,20H2,1H3,(H,21,23);1-4,6H,11H2. The number of benzene rings is 3. The Kier molecular flexibility index (Phi) is 7.69. The lowest BCUT2D eigenvalue weighted by molar-refractivity contribution is 0.102. The van der Waals surface area contributed by atoms with E-state index in [1.165, 1.54) is 10.9 Å². The van der Waals surface area contributed by atoms with Gasteiger partial charge in [0.25, 0.3) is 5.91 Å². The number of fused-ring (bicyclic) bond motifs is 1. The van der Waals surface area contributed by atoms with E-state index in [-0.39, 0.29) is 17.0 Å².